The van der Waals surface area contributed by atoms with Crippen LogP contribution in [0.15, 0.2) is 29.6 Å². The molecule has 120 valence electrons. The molecule has 0 radical (unpaired) electrons. The lowest BCUT2D eigenvalue weighted by molar-refractivity contribution is -0.124. The average molecular weight is 327 g/mol. The lowest BCUT2D eigenvalue weighted by Crippen LogP contribution is -2.47. The molecule has 2 aliphatic heterocycles. The van der Waals surface area contributed by atoms with E-state index in [-0.39, 0.29) is 11.3 Å². The first kappa shape index (κ1) is 14.8. The molecule has 0 saturated carbocycles. The number of thiazole rings is 1. The fourth-order valence-corrected chi connectivity index (χ4v) is 4.61. The highest BCUT2D eigenvalue weighted by Crippen LogP contribution is 2.47. The Hall–Kier alpha value is -1.72. The van der Waals surface area contributed by atoms with Gasteiger partial charge in [0.15, 0.2) is 0 Å². The van der Waals surface area contributed by atoms with Crippen LogP contribution in [-0.2, 0) is 16.8 Å². The van der Waals surface area contributed by atoms with Gasteiger partial charge in [-0.15, -0.1) is 11.3 Å². The fraction of sp³-hybridized carbons (Fsp3) is 0.444. The zero-order chi connectivity index (χ0) is 16.0. The van der Waals surface area contributed by atoms with Crippen LogP contribution in [0.1, 0.15) is 29.1 Å². The predicted octanol–water partition coefficient (Wildman–Crippen LogP) is 2.96. The first-order chi connectivity index (χ1) is 11.1. The Bertz CT molecular complexity index is 746. The number of hydrogen-bond donors (Lipinski definition) is 0. The van der Waals surface area contributed by atoms with Crippen LogP contribution in [-0.4, -0.2) is 35.9 Å². The standard InChI is InChI=1S/C18H21N3OS/c1-13-19-14(12-23-13)11-21-9-7-18(8-10-21)15-5-3-4-6-16(15)20(2)17(18)22/h3-6,12H,7-11H2,1-2H3. The second-order valence-corrected chi connectivity index (χ2v) is 7.66. The Kier molecular flexibility index (Phi) is 3.50. The first-order valence-corrected chi connectivity index (χ1v) is 8.99. The highest BCUT2D eigenvalue weighted by atomic mass is 32.1. The van der Waals surface area contributed by atoms with Crippen molar-refractivity contribution in [1.29, 1.82) is 0 Å². The van der Waals surface area contributed by atoms with E-state index in [9.17, 15) is 4.79 Å². The number of rotatable bonds is 2. The average Bonchev–Trinajstić information content (AvgIpc) is 3.06. The van der Waals surface area contributed by atoms with Crippen molar-refractivity contribution in [3.05, 3.63) is 45.9 Å². The summed E-state index contributed by atoms with van der Waals surface area (Å²) in [6.45, 7) is 4.84. The summed E-state index contributed by atoms with van der Waals surface area (Å²) in [5.74, 6) is 0.267. The molecule has 0 bridgehead atoms. The van der Waals surface area contributed by atoms with Gasteiger partial charge < -0.3 is 4.90 Å². The predicted molar refractivity (Wildman–Crippen MR) is 92.9 cm³/mol. The number of fused-ring (bicyclic) bond motifs is 2. The highest BCUT2D eigenvalue weighted by molar-refractivity contribution is 7.09. The summed E-state index contributed by atoms with van der Waals surface area (Å²) in [7, 11) is 1.90. The van der Waals surface area contributed by atoms with Gasteiger partial charge >= 0.3 is 0 Å². The summed E-state index contributed by atoms with van der Waals surface area (Å²) in [5, 5.41) is 3.26. The number of aryl methyl sites for hydroxylation is 1. The number of para-hydroxylation sites is 1. The number of hydrogen-bond acceptors (Lipinski definition) is 4. The molecule has 0 atom stereocenters. The molecule has 2 aromatic rings. The second kappa shape index (κ2) is 5.42. The summed E-state index contributed by atoms with van der Waals surface area (Å²) in [5.41, 5.74) is 3.15. The van der Waals surface area contributed by atoms with Crippen molar-refractivity contribution in [2.24, 2.45) is 0 Å². The van der Waals surface area contributed by atoms with Gasteiger partial charge in [-0.05, 0) is 44.5 Å². The van der Waals surface area contributed by atoms with E-state index in [4.69, 9.17) is 0 Å². The van der Waals surface area contributed by atoms with Crippen LogP contribution in [0, 0.1) is 6.92 Å². The first-order valence-electron chi connectivity index (χ1n) is 8.11. The van der Waals surface area contributed by atoms with Crippen LogP contribution in [0.2, 0.25) is 0 Å². The molecule has 0 unspecified atom stereocenters. The quantitative estimate of drug-likeness (QED) is 0.851. The molecule has 1 fully saturated rings. The monoisotopic (exact) mass is 327 g/mol. The minimum absolute atomic E-state index is 0.267. The minimum Gasteiger partial charge on any atom is -0.314 e. The van der Waals surface area contributed by atoms with Crippen LogP contribution in [0.4, 0.5) is 5.69 Å². The Morgan fingerprint density at radius 1 is 1.26 bits per heavy atom. The molecule has 1 spiro atoms. The normalized spacial score (nSPS) is 20.3. The maximum atomic E-state index is 12.9. The van der Waals surface area contributed by atoms with Crippen LogP contribution in [0.5, 0.6) is 0 Å². The number of carbonyl (C=O) groups is 1. The van der Waals surface area contributed by atoms with Gasteiger partial charge in [0, 0.05) is 24.7 Å². The van der Waals surface area contributed by atoms with Gasteiger partial charge in [-0.3, -0.25) is 9.69 Å². The molecule has 1 amide bonds. The van der Waals surface area contributed by atoms with Crippen molar-refractivity contribution in [2.45, 2.75) is 31.7 Å². The minimum atomic E-state index is -0.306. The zero-order valence-electron chi connectivity index (χ0n) is 13.6. The fourth-order valence-electron chi connectivity index (χ4n) is 4.00. The van der Waals surface area contributed by atoms with E-state index in [1.54, 1.807) is 11.3 Å². The molecule has 5 heteroatoms. The molecule has 1 aromatic heterocycles. The van der Waals surface area contributed by atoms with E-state index in [1.807, 2.05) is 24.9 Å². The summed E-state index contributed by atoms with van der Waals surface area (Å²) in [6, 6.07) is 8.27. The van der Waals surface area contributed by atoms with Gasteiger partial charge in [0.1, 0.15) is 0 Å². The number of likely N-dealkylation sites (tertiary alicyclic amines) is 1. The van der Waals surface area contributed by atoms with E-state index in [2.05, 4.69) is 33.5 Å². The number of aromatic nitrogens is 1. The highest BCUT2D eigenvalue weighted by Gasteiger charge is 2.50. The van der Waals surface area contributed by atoms with E-state index in [0.717, 1.165) is 48.9 Å². The molecule has 3 heterocycles. The number of amides is 1. The van der Waals surface area contributed by atoms with Crippen molar-refractivity contribution in [2.75, 3.05) is 25.0 Å². The summed E-state index contributed by atoms with van der Waals surface area (Å²) in [4.78, 5) is 21.7. The third-order valence-electron chi connectivity index (χ3n) is 5.26. The topological polar surface area (TPSA) is 36.4 Å². The van der Waals surface area contributed by atoms with Gasteiger partial charge in [0.05, 0.1) is 16.1 Å². The smallest absolute Gasteiger partial charge is 0.237 e. The largest absolute Gasteiger partial charge is 0.314 e. The molecule has 23 heavy (non-hydrogen) atoms. The van der Waals surface area contributed by atoms with E-state index in [1.165, 1.54) is 5.56 Å². The van der Waals surface area contributed by atoms with Crippen LogP contribution >= 0.6 is 11.3 Å². The van der Waals surface area contributed by atoms with Gasteiger partial charge in [-0.2, -0.15) is 0 Å². The van der Waals surface area contributed by atoms with Gasteiger partial charge in [-0.25, -0.2) is 4.98 Å². The molecule has 1 saturated heterocycles. The number of benzene rings is 1. The van der Waals surface area contributed by atoms with E-state index in [0.29, 0.717) is 0 Å². The van der Waals surface area contributed by atoms with Crippen LogP contribution < -0.4 is 4.90 Å². The third kappa shape index (κ3) is 2.30. The molecule has 4 rings (SSSR count). The van der Waals surface area contributed by atoms with E-state index < -0.39 is 0 Å². The molecule has 0 aliphatic carbocycles. The molecule has 4 nitrogen and oxygen atoms in total. The lowest BCUT2D eigenvalue weighted by atomic mass is 9.73. The van der Waals surface area contributed by atoms with E-state index >= 15 is 0 Å². The molecule has 2 aliphatic rings. The van der Waals surface area contributed by atoms with Crippen molar-refractivity contribution >= 4 is 22.9 Å². The maximum absolute atomic E-state index is 12.9. The molecular formula is C18H21N3OS. The summed E-state index contributed by atoms with van der Waals surface area (Å²) in [6.07, 6.45) is 1.80. The lowest BCUT2D eigenvalue weighted by Gasteiger charge is -2.38. The number of anilines is 1. The maximum Gasteiger partial charge on any atom is 0.237 e. The third-order valence-corrected chi connectivity index (χ3v) is 6.08. The SMILES string of the molecule is Cc1nc(CN2CCC3(CC2)C(=O)N(C)c2ccccc23)cs1. The van der Waals surface area contributed by atoms with Gasteiger partial charge in [-0.1, -0.05) is 18.2 Å². The van der Waals surface area contributed by atoms with Crippen molar-refractivity contribution in [1.82, 2.24) is 9.88 Å². The number of likely N-dealkylation sites (N-methyl/N-ethyl adjacent to an activating group) is 1. The number of piperidine rings is 1. The number of nitrogens with zero attached hydrogens (tertiary/aromatic N) is 3. The van der Waals surface area contributed by atoms with Gasteiger partial charge in [0.25, 0.3) is 0 Å². The Morgan fingerprint density at radius 3 is 2.70 bits per heavy atom. The molecular weight excluding hydrogens is 306 g/mol. The van der Waals surface area contributed by atoms with Crippen molar-refractivity contribution in [3.8, 4) is 0 Å². The Balaban J connectivity index is 1.54. The summed E-state index contributed by atoms with van der Waals surface area (Å²) >= 11 is 1.70. The summed E-state index contributed by atoms with van der Waals surface area (Å²) < 4.78 is 0. The molecule has 0 N–H and O–H groups in total. The zero-order valence-corrected chi connectivity index (χ0v) is 14.4. The second-order valence-electron chi connectivity index (χ2n) is 6.60. The Morgan fingerprint density at radius 2 is 2.00 bits per heavy atom. The van der Waals surface area contributed by atoms with Crippen LogP contribution in [0.25, 0.3) is 0 Å². The molecule has 1 aromatic carbocycles. The van der Waals surface area contributed by atoms with Gasteiger partial charge in [0.2, 0.25) is 5.91 Å². The van der Waals surface area contributed by atoms with Crippen LogP contribution in [0.3, 0.4) is 0 Å². The number of carbonyl (C=O) groups excluding carboxylic acids is 1. The van der Waals surface area contributed by atoms with Crippen molar-refractivity contribution in [3.63, 3.8) is 0 Å². The Labute approximate surface area is 140 Å². The van der Waals surface area contributed by atoms with Crippen molar-refractivity contribution < 1.29 is 4.79 Å².